The van der Waals surface area contributed by atoms with Crippen molar-refractivity contribution >= 4 is 11.6 Å². The van der Waals surface area contributed by atoms with E-state index in [1.54, 1.807) is 29.2 Å². The molecule has 4 aromatic carbocycles. The van der Waals surface area contributed by atoms with E-state index in [0.717, 1.165) is 16.7 Å². The minimum absolute atomic E-state index is 0.0115. The fraction of sp³-hybridized carbons (Fsp3) is 0.0714. The molecule has 0 aromatic heterocycles. The van der Waals surface area contributed by atoms with Gasteiger partial charge in [-0.25, -0.2) is 4.39 Å². The van der Waals surface area contributed by atoms with Gasteiger partial charge in [0.2, 0.25) is 0 Å². The summed E-state index contributed by atoms with van der Waals surface area (Å²) in [5, 5.41) is 8.62. The Labute approximate surface area is 192 Å². The van der Waals surface area contributed by atoms with Gasteiger partial charge in [0.15, 0.2) is 6.61 Å². The molecule has 0 aliphatic rings. The molecule has 0 bridgehead atoms. The minimum Gasteiger partial charge on any atom is -0.479 e. The summed E-state index contributed by atoms with van der Waals surface area (Å²) in [6.07, 6.45) is 0. The molecular weight excluding hydrogens is 415 g/mol. The standard InChI is InChI=1S/C28H21FN2O2/c29-25-7-4-8-26(19-25)31(28(32)24-5-2-1-3-6-24)20-21-9-11-22(12-10-21)23-13-15-27(16-14-23)33-18-17-30/h1-16,19H,18,20H2. The van der Waals surface area contributed by atoms with Gasteiger partial charge in [0.25, 0.3) is 5.91 Å². The molecule has 4 rings (SSSR count). The lowest BCUT2D eigenvalue weighted by molar-refractivity contribution is 0.0985. The molecule has 0 aliphatic carbocycles. The lowest BCUT2D eigenvalue weighted by Gasteiger charge is -2.23. The molecular formula is C28H21FN2O2. The second kappa shape index (κ2) is 10.3. The summed E-state index contributed by atoms with van der Waals surface area (Å²) in [4.78, 5) is 14.8. The molecule has 4 nitrogen and oxygen atoms in total. The van der Waals surface area contributed by atoms with Gasteiger partial charge in [-0.15, -0.1) is 0 Å². The number of carbonyl (C=O) groups is 1. The molecule has 33 heavy (non-hydrogen) atoms. The third kappa shape index (κ3) is 5.44. The highest BCUT2D eigenvalue weighted by atomic mass is 19.1. The van der Waals surface area contributed by atoms with Crippen LogP contribution in [0.3, 0.4) is 0 Å². The molecule has 4 aromatic rings. The van der Waals surface area contributed by atoms with Gasteiger partial charge in [0.05, 0.1) is 6.54 Å². The van der Waals surface area contributed by atoms with Crippen LogP contribution in [0.25, 0.3) is 11.1 Å². The third-order valence-corrected chi connectivity index (χ3v) is 5.17. The molecule has 1 amide bonds. The van der Waals surface area contributed by atoms with Crippen LogP contribution in [0.1, 0.15) is 15.9 Å². The second-order valence-electron chi connectivity index (χ2n) is 7.41. The molecule has 0 atom stereocenters. The van der Waals surface area contributed by atoms with Gasteiger partial charge in [-0.05, 0) is 59.2 Å². The number of hydrogen-bond donors (Lipinski definition) is 0. The molecule has 0 saturated carbocycles. The quantitative estimate of drug-likeness (QED) is 0.344. The number of hydrogen-bond acceptors (Lipinski definition) is 3. The molecule has 0 fully saturated rings. The molecule has 0 aliphatic heterocycles. The van der Waals surface area contributed by atoms with Crippen molar-refractivity contribution in [2.24, 2.45) is 0 Å². The molecule has 0 saturated heterocycles. The number of rotatable bonds is 7. The molecule has 0 spiro atoms. The largest absolute Gasteiger partial charge is 0.479 e. The fourth-order valence-corrected chi connectivity index (χ4v) is 3.51. The van der Waals surface area contributed by atoms with Gasteiger partial charge >= 0.3 is 0 Å². The maximum atomic E-state index is 13.9. The number of ether oxygens (including phenoxy) is 1. The Morgan fingerprint density at radius 2 is 1.52 bits per heavy atom. The molecule has 0 radical (unpaired) electrons. The van der Waals surface area contributed by atoms with E-state index in [2.05, 4.69) is 0 Å². The van der Waals surface area contributed by atoms with E-state index in [1.165, 1.54) is 12.1 Å². The number of benzene rings is 4. The van der Waals surface area contributed by atoms with Gasteiger partial charge in [0.1, 0.15) is 17.6 Å². The van der Waals surface area contributed by atoms with E-state index in [0.29, 0.717) is 23.5 Å². The van der Waals surface area contributed by atoms with Gasteiger partial charge < -0.3 is 9.64 Å². The predicted molar refractivity (Wildman–Crippen MR) is 126 cm³/mol. The van der Waals surface area contributed by atoms with Crippen LogP contribution < -0.4 is 9.64 Å². The van der Waals surface area contributed by atoms with Crippen LogP contribution in [0.2, 0.25) is 0 Å². The summed E-state index contributed by atoms with van der Waals surface area (Å²) in [6, 6.07) is 32.4. The topological polar surface area (TPSA) is 53.3 Å². The van der Waals surface area contributed by atoms with Crippen molar-refractivity contribution in [2.45, 2.75) is 6.54 Å². The van der Waals surface area contributed by atoms with Crippen molar-refractivity contribution in [2.75, 3.05) is 11.5 Å². The third-order valence-electron chi connectivity index (χ3n) is 5.17. The Hall–Kier alpha value is -4.43. The highest BCUT2D eigenvalue weighted by Crippen LogP contribution is 2.25. The van der Waals surface area contributed by atoms with Crippen LogP contribution in [-0.2, 0) is 6.54 Å². The summed E-state index contributed by atoms with van der Waals surface area (Å²) < 4.78 is 19.2. The highest BCUT2D eigenvalue weighted by molar-refractivity contribution is 6.06. The van der Waals surface area contributed by atoms with Crippen LogP contribution in [0.15, 0.2) is 103 Å². The van der Waals surface area contributed by atoms with Crippen molar-refractivity contribution in [1.82, 2.24) is 0 Å². The van der Waals surface area contributed by atoms with E-state index in [4.69, 9.17) is 10.00 Å². The van der Waals surface area contributed by atoms with E-state index in [-0.39, 0.29) is 12.5 Å². The minimum atomic E-state index is -0.393. The first-order valence-electron chi connectivity index (χ1n) is 10.5. The second-order valence-corrected chi connectivity index (χ2v) is 7.41. The Morgan fingerprint density at radius 1 is 0.848 bits per heavy atom. The first kappa shape index (κ1) is 21.8. The van der Waals surface area contributed by atoms with Gasteiger partial charge in [-0.2, -0.15) is 5.26 Å². The van der Waals surface area contributed by atoms with Crippen molar-refractivity contribution in [3.63, 3.8) is 0 Å². The molecule has 5 heteroatoms. The number of nitrogens with zero attached hydrogens (tertiary/aromatic N) is 2. The van der Waals surface area contributed by atoms with Crippen molar-refractivity contribution in [3.05, 3.63) is 120 Å². The maximum absolute atomic E-state index is 13.9. The average Bonchev–Trinajstić information content (AvgIpc) is 2.87. The van der Waals surface area contributed by atoms with E-state index >= 15 is 0 Å². The summed E-state index contributed by atoms with van der Waals surface area (Å²) in [6.45, 7) is 0.315. The lowest BCUT2D eigenvalue weighted by atomic mass is 10.0. The lowest BCUT2D eigenvalue weighted by Crippen LogP contribution is -2.30. The van der Waals surface area contributed by atoms with E-state index in [9.17, 15) is 9.18 Å². The number of halogens is 1. The Balaban J connectivity index is 1.56. The summed E-state index contributed by atoms with van der Waals surface area (Å²) >= 11 is 0. The van der Waals surface area contributed by atoms with E-state index in [1.807, 2.05) is 72.8 Å². The number of amides is 1. The van der Waals surface area contributed by atoms with Crippen molar-refractivity contribution in [1.29, 1.82) is 5.26 Å². The SMILES string of the molecule is N#CCOc1ccc(-c2ccc(CN(C(=O)c3ccccc3)c3cccc(F)c3)cc2)cc1. The Morgan fingerprint density at radius 3 is 2.15 bits per heavy atom. The zero-order valence-corrected chi connectivity index (χ0v) is 17.8. The number of anilines is 1. The molecule has 0 N–H and O–H groups in total. The van der Waals surface area contributed by atoms with Gasteiger partial charge in [0, 0.05) is 11.3 Å². The normalized spacial score (nSPS) is 10.3. The number of nitriles is 1. The van der Waals surface area contributed by atoms with Crippen LogP contribution >= 0.6 is 0 Å². The summed E-state index contributed by atoms with van der Waals surface area (Å²) in [5.74, 6) is 0.0521. The first-order chi connectivity index (χ1) is 16.1. The smallest absolute Gasteiger partial charge is 0.258 e. The van der Waals surface area contributed by atoms with Crippen LogP contribution in [0.4, 0.5) is 10.1 Å². The fourth-order valence-electron chi connectivity index (χ4n) is 3.51. The van der Waals surface area contributed by atoms with Gasteiger partial charge in [-0.1, -0.05) is 60.7 Å². The zero-order chi connectivity index (χ0) is 23.0. The number of carbonyl (C=O) groups excluding carboxylic acids is 1. The maximum Gasteiger partial charge on any atom is 0.258 e. The molecule has 0 heterocycles. The van der Waals surface area contributed by atoms with Crippen LogP contribution in [0.5, 0.6) is 5.75 Å². The Kier molecular flexibility index (Phi) is 6.77. The van der Waals surface area contributed by atoms with E-state index < -0.39 is 5.82 Å². The molecule has 0 unspecified atom stereocenters. The monoisotopic (exact) mass is 436 g/mol. The molecule has 162 valence electrons. The van der Waals surface area contributed by atoms with Crippen molar-refractivity contribution in [3.8, 4) is 22.9 Å². The van der Waals surface area contributed by atoms with Crippen LogP contribution in [-0.4, -0.2) is 12.5 Å². The van der Waals surface area contributed by atoms with Crippen molar-refractivity contribution < 1.29 is 13.9 Å². The first-order valence-corrected chi connectivity index (χ1v) is 10.5. The van der Waals surface area contributed by atoms with Crippen LogP contribution in [0, 0.1) is 17.1 Å². The Bertz CT molecular complexity index is 1260. The zero-order valence-electron chi connectivity index (χ0n) is 17.8. The predicted octanol–water partition coefficient (Wildman–Crippen LogP) is 6.24. The summed E-state index contributed by atoms with van der Waals surface area (Å²) in [7, 11) is 0. The highest BCUT2D eigenvalue weighted by Gasteiger charge is 2.18. The van der Waals surface area contributed by atoms with Gasteiger partial charge in [-0.3, -0.25) is 4.79 Å². The average molecular weight is 436 g/mol. The summed E-state index contributed by atoms with van der Waals surface area (Å²) in [5.41, 5.74) is 3.98.